The van der Waals surface area contributed by atoms with Crippen LogP contribution in [-0.2, 0) is 31.0 Å². The fourth-order valence-electron chi connectivity index (χ4n) is 3.34. The van der Waals surface area contributed by atoms with Gasteiger partial charge in [0.05, 0.1) is 6.42 Å². The molecule has 1 unspecified atom stereocenters. The predicted molar refractivity (Wildman–Crippen MR) is 103 cm³/mol. The van der Waals surface area contributed by atoms with Crippen molar-refractivity contribution < 1.29 is 19.2 Å². The van der Waals surface area contributed by atoms with E-state index < -0.39 is 5.41 Å². The van der Waals surface area contributed by atoms with E-state index in [9.17, 15) is 19.2 Å². The van der Waals surface area contributed by atoms with Crippen LogP contribution in [0, 0.1) is 0 Å². The van der Waals surface area contributed by atoms with Crippen LogP contribution in [0.15, 0.2) is 60.7 Å². The van der Waals surface area contributed by atoms with Crippen molar-refractivity contribution in [2.45, 2.75) is 44.9 Å². The number of benzene rings is 2. The summed E-state index contributed by atoms with van der Waals surface area (Å²) in [4.78, 5) is 49.0. The zero-order valence-electron chi connectivity index (χ0n) is 15.7. The van der Waals surface area contributed by atoms with Crippen LogP contribution >= 0.6 is 0 Å². The average molecular weight is 364 g/mol. The van der Waals surface area contributed by atoms with E-state index in [-0.39, 0.29) is 48.8 Å². The molecule has 27 heavy (non-hydrogen) atoms. The van der Waals surface area contributed by atoms with E-state index in [4.69, 9.17) is 0 Å². The van der Waals surface area contributed by atoms with Gasteiger partial charge in [0.15, 0.2) is 5.78 Å². The Morgan fingerprint density at radius 1 is 0.778 bits per heavy atom. The van der Waals surface area contributed by atoms with Gasteiger partial charge < -0.3 is 0 Å². The molecule has 0 aliphatic rings. The summed E-state index contributed by atoms with van der Waals surface area (Å²) in [5.74, 6) is -1.04. The molecule has 0 fully saturated rings. The van der Waals surface area contributed by atoms with Crippen molar-refractivity contribution in [3.05, 3.63) is 71.8 Å². The predicted octanol–water partition coefficient (Wildman–Crippen LogP) is 3.65. The lowest BCUT2D eigenvalue weighted by molar-refractivity contribution is -0.136. The molecule has 0 radical (unpaired) electrons. The maximum Gasteiger partial charge on any atom is 0.151 e. The third-order valence-electron chi connectivity index (χ3n) is 4.73. The Balaban J connectivity index is 2.38. The third-order valence-corrected chi connectivity index (χ3v) is 4.73. The maximum atomic E-state index is 13.2. The number of hydrogen-bond donors (Lipinski definition) is 0. The zero-order chi connectivity index (χ0) is 19.9. The zero-order valence-corrected chi connectivity index (χ0v) is 15.7. The number of ketones is 4. The van der Waals surface area contributed by atoms with Gasteiger partial charge in [-0.2, -0.15) is 0 Å². The lowest BCUT2D eigenvalue weighted by Gasteiger charge is -2.31. The van der Waals surface area contributed by atoms with E-state index in [1.165, 1.54) is 13.8 Å². The molecule has 140 valence electrons. The number of rotatable bonds is 10. The molecule has 0 amide bonds. The van der Waals surface area contributed by atoms with Gasteiger partial charge in [-0.15, -0.1) is 0 Å². The van der Waals surface area contributed by atoms with Crippen LogP contribution in [0.2, 0.25) is 0 Å². The minimum Gasteiger partial charge on any atom is -0.300 e. The van der Waals surface area contributed by atoms with E-state index in [0.717, 1.165) is 5.56 Å². The Labute approximate surface area is 159 Å². The Morgan fingerprint density at radius 2 is 1.33 bits per heavy atom. The summed E-state index contributed by atoms with van der Waals surface area (Å²) >= 11 is 0. The van der Waals surface area contributed by atoms with Crippen LogP contribution < -0.4 is 0 Å². The van der Waals surface area contributed by atoms with Crippen molar-refractivity contribution in [3.8, 4) is 0 Å². The average Bonchev–Trinajstić information content (AvgIpc) is 2.65. The van der Waals surface area contributed by atoms with Crippen LogP contribution in [0.25, 0.3) is 0 Å². The summed E-state index contributed by atoms with van der Waals surface area (Å²) in [5, 5.41) is 0. The molecule has 0 N–H and O–H groups in total. The van der Waals surface area contributed by atoms with Gasteiger partial charge in [0.1, 0.15) is 22.8 Å². The van der Waals surface area contributed by atoms with Gasteiger partial charge in [0, 0.05) is 12.8 Å². The molecule has 0 spiro atoms. The molecule has 0 saturated heterocycles. The van der Waals surface area contributed by atoms with Crippen molar-refractivity contribution in [3.63, 3.8) is 0 Å². The molecule has 0 aliphatic heterocycles. The molecule has 0 aliphatic carbocycles. The molecule has 0 heterocycles. The molecule has 1 atom stereocenters. The smallest absolute Gasteiger partial charge is 0.151 e. The quantitative estimate of drug-likeness (QED) is 0.604. The molecule has 0 bridgehead atoms. The van der Waals surface area contributed by atoms with Gasteiger partial charge in [-0.1, -0.05) is 60.7 Å². The first-order chi connectivity index (χ1) is 12.9. The minimum absolute atomic E-state index is 0.0327. The summed E-state index contributed by atoms with van der Waals surface area (Å²) in [6.07, 6.45) is -0.0280. The molecule has 0 saturated carbocycles. The first-order valence-corrected chi connectivity index (χ1v) is 9.01. The van der Waals surface area contributed by atoms with Crippen LogP contribution in [0.4, 0.5) is 0 Å². The largest absolute Gasteiger partial charge is 0.300 e. The number of carbonyl (C=O) groups excluding carboxylic acids is 4. The SMILES string of the molecule is CC(=O)CC(=O)CCC(=O)C(Cc1ccccc1)(C(C)=O)c1ccccc1. The lowest BCUT2D eigenvalue weighted by atomic mass is 9.68. The second-order valence-electron chi connectivity index (χ2n) is 6.83. The molecule has 2 aromatic carbocycles. The molecule has 4 nitrogen and oxygen atoms in total. The Kier molecular flexibility index (Phi) is 6.94. The van der Waals surface area contributed by atoms with Gasteiger partial charge in [0.25, 0.3) is 0 Å². The van der Waals surface area contributed by atoms with Gasteiger partial charge in [0.2, 0.25) is 0 Å². The fraction of sp³-hybridized carbons (Fsp3) is 0.304. The first-order valence-electron chi connectivity index (χ1n) is 9.01. The summed E-state index contributed by atoms with van der Waals surface area (Å²) < 4.78 is 0. The van der Waals surface area contributed by atoms with Gasteiger partial charge >= 0.3 is 0 Å². The molecule has 2 rings (SSSR count). The van der Waals surface area contributed by atoms with Gasteiger partial charge in [-0.3, -0.25) is 19.2 Å². The Bertz CT molecular complexity index is 824. The maximum absolute atomic E-state index is 13.2. The monoisotopic (exact) mass is 364 g/mol. The standard InChI is InChI=1S/C23H24O4/c1-17(24)15-21(26)13-14-22(27)23(18(2)25,20-11-7-4-8-12-20)16-19-9-5-3-6-10-19/h3-12H,13-16H2,1-2H3. The summed E-state index contributed by atoms with van der Waals surface area (Å²) in [7, 11) is 0. The third kappa shape index (κ3) is 5.07. The highest BCUT2D eigenvalue weighted by atomic mass is 16.2. The summed E-state index contributed by atoms with van der Waals surface area (Å²) in [5.41, 5.74) is 0.171. The molecular formula is C23H24O4. The lowest BCUT2D eigenvalue weighted by Crippen LogP contribution is -2.45. The van der Waals surface area contributed by atoms with Crippen molar-refractivity contribution >= 4 is 23.1 Å². The topological polar surface area (TPSA) is 68.3 Å². The van der Waals surface area contributed by atoms with Crippen LogP contribution in [0.5, 0.6) is 0 Å². The van der Waals surface area contributed by atoms with Gasteiger partial charge in [-0.05, 0) is 31.4 Å². The summed E-state index contributed by atoms with van der Waals surface area (Å²) in [6.45, 7) is 2.77. The Hall–Kier alpha value is -2.88. The second kappa shape index (κ2) is 9.17. The Morgan fingerprint density at radius 3 is 1.85 bits per heavy atom. The van der Waals surface area contributed by atoms with Gasteiger partial charge in [-0.25, -0.2) is 0 Å². The molecule has 0 aromatic heterocycles. The molecule has 2 aromatic rings. The highest BCUT2D eigenvalue weighted by Crippen LogP contribution is 2.33. The van der Waals surface area contributed by atoms with Crippen LogP contribution in [0.1, 0.15) is 44.2 Å². The number of carbonyl (C=O) groups is 4. The van der Waals surface area contributed by atoms with Crippen molar-refractivity contribution in [1.82, 2.24) is 0 Å². The van der Waals surface area contributed by atoms with Crippen molar-refractivity contribution in [2.24, 2.45) is 0 Å². The van der Waals surface area contributed by atoms with Crippen LogP contribution in [0.3, 0.4) is 0 Å². The minimum atomic E-state index is -1.33. The van der Waals surface area contributed by atoms with E-state index in [2.05, 4.69) is 0 Å². The summed E-state index contributed by atoms with van der Waals surface area (Å²) in [6, 6.07) is 18.4. The van der Waals surface area contributed by atoms with Crippen LogP contribution in [-0.4, -0.2) is 23.1 Å². The molecule has 4 heteroatoms. The molecular weight excluding hydrogens is 340 g/mol. The van der Waals surface area contributed by atoms with E-state index in [0.29, 0.717) is 5.56 Å². The second-order valence-corrected chi connectivity index (χ2v) is 6.83. The number of hydrogen-bond acceptors (Lipinski definition) is 4. The highest BCUT2D eigenvalue weighted by molar-refractivity contribution is 6.13. The first kappa shape index (κ1) is 20.4. The van der Waals surface area contributed by atoms with Crippen molar-refractivity contribution in [2.75, 3.05) is 0 Å². The van der Waals surface area contributed by atoms with Crippen molar-refractivity contribution in [1.29, 1.82) is 0 Å². The van der Waals surface area contributed by atoms with E-state index in [1.54, 1.807) is 24.3 Å². The number of Topliss-reactive ketones (excluding diaryl/α,β-unsaturated/α-hetero) is 4. The van der Waals surface area contributed by atoms with E-state index >= 15 is 0 Å². The highest BCUT2D eigenvalue weighted by Gasteiger charge is 2.44. The fourth-order valence-corrected chi connectivity index (χ4v) is 3.34. The normalized spacial score (nSPS) is 12.8. The van der Waals surface area contributed by atoms with E-state index in [1.807, 2.05) is 36.4 Å².